The predicted octanol–water partition coefficient (Wildman–Crippen LogP) is 1.15. The largest absolute Gasteiger partial charge is 0.352 e. The highest BCUT2D eigenvalue weighted by Gasteiger charge is 2.31. The lowest BCUT2D eigenvalue weighted by Crippen LogP contribution is -2.42. The van der Waals surface area contributed by atoms with E-state index in [9.17, 15) is 14.4 Å². The molecule has 1 fully saturated rings. The number of imidazole rings is 1. The number of hydrogen-bond acceptors (Lipinski definition) is 4. The minimum atomic E-state index is -0.441. The van der Waals surface area contributed by atoms with Gasteiger partial charge in [0, 0.05) is 20.1 Å². The second-order valence-corrected chi connectivity index (χ2v) is 8.74. The zero-order valence-electron chi connectivity index (χ0n) is 16.8. The molecule has 8 heteroatoms. The van der Waals surface area contributed by atoms with E-state index in [1.807, 2.05) is 0 Å². The van der Waals surface area contributed by atoms with Crippen LogP contribution < -0.4 is 16.6 Å². The summed E-state index contributed by atoms with van der Waals surface area (Å²) in [6, 6.07) is 0.164. The third-order valence-corrected chi connectivity index (χ3v) is 5.80. The SMILES string of the molecule is Cn1c(=O)c2c(ncn2CC(=O)NC2CCCC(C(C)(C)C)C2)n(C)c1=O. The summed E-state index contributed by atoms with van der Waals surface area (Å²) in [5, 5.41) is 3.12. The molecule has 148 valence electrons. The highest BCUT2D eigenvalue weighted by Crippen LogP contribution is 2.37. The van der Waals surface area contributed by atoms with Crippen LogP contribution in [-0.4, -0.2) is 30.6 Å². The molecule has 0 aromatic carbocycles. The average molecular weight is 375 g/mol. The molecule has 2 atom stereocenters. The van der Waals surface area contributed by atoms with Crippen LogP contribution in [-0.2, 0) is 25.4 Å². The smallest absolute Gasteiger partial charge is 0.332 e. The maximum absolute atomic E-state index is 12.6. The quantitative estimate of drug-likeness (QED) is 0.871. The lowest BCUT2D eigenvalue weighted by atomic mass is 9.71. The van der Waals surface area contributed by atoms with Crippen LogP contribution >= 0.6 is 0 Å². The third-order valence-electron chi connectivity index (χ3n) is 5.80. The van der Waals surface area contributed by atoms with E-state index in [0.717, 1.165) is 23.8 Å². The Morgan fingerprint density at radius 3 is 2.59 bits per heavy atom. The summed E-state index contributed by atoms with van der Waals surface area (Å²) < 4.78 is 3.88. The van der Waals surface area contributed by atoms with Crippen molar-refractivity contribution >= 4 is 17.1 Å². The van der Waals surface area contributed by atoms with Crippen LogP contribution in [0.15, 0.2) is 15.9 Å². The maximum Gasteiger partial charge on any atom is 0.332 e. The Balaban J connectivity index is 1.77. The number of carbonyl (C=O) groups excluding carboxylic acids is 1. The second-order valence-electron chi connectivity index (χ2n) is 8.74. The van der Waals surface area contributed by atoms with Crippen LogP contribution in [0.2, 0.25) is 0 Å². The van der Waals surface area contributed by atoms with Gasteiger partial charge in [0.15, 0.2) is 11.2 Å². The van der Waals surface area contributed by atoms with Crippen molar-refractivity contribution in [3.63, 3.8) is 0 Å². The van der Waals surface area contributed by atoms with Crippen LogP contribution in [0.4, 0.5) is 0 Å². The molecule has 0 bridgehead atoms. The van der Waals surface area contributed by atoms with Crippen molar-refractivity contribution in [2.45, 2.75) is 59.0 Å². The minimum Gasteiger partial charge on any atom is -0.352 e. The molecule has 1 aliphatic carbocycles. The molecule has 27 heavy (non-hydrogen) atoms. The molecular weight excluding hydrogens is 346 g/mol. The van der Waals surface area contributed by atoms with E-state index in [2.05, 4.69) is 31.1 Å². The van der Waals surface area contributed by atoms with Gasteiger partial charge in [-0.05, 0) is 30.6 Å². The van der Waals surface area contributed by atoms with Crippen LogP contribution in [0, 0.1) is 11.3 Å². The van der Waals surface area contributed by atoms with Gasteiger partial charge in [0.25, 0.3) is 5.56 Å². The lowest BCUT2D eigenvalue weighted by Gasteiger charge is -2.38. The van der Waals surface area contributed by atoms with E-state index in [-0.39, 0.29) is 29.4 Å². The Morgan fingerprint density at radius 2 is 1.93 bits per heavy atom. The second kappa shape index (κ2) is 6.98. The highest BCUT2D eigenvalue weighted by atomic mass is 16.2. The highest BCUT2D eigenvalue weighted by molar-refractivity contribution is 5.79. The van der Waals surface area contributed by atoms with Crippen LogP contribution in [0.5, 0.6) is 0 Å². The standard InChI is InChI=1S/C19H29N5O3/c1-19(2,3)12-7-6-8-13(9-12)21-14(25)10-24-11-20-16-15(24)17(26)23(5)18(27)22(16)4/h11-13H,6-10H2,1-5H3,(H,21,25). The zero-order chi connectivity index (χ0) is 19.9. The fraction of sp³-hybridized carbons (Fsp3) is 0.684. The molecule has 8 nitrogen and oxygen atoms in total. The maximum atomic E-state index is 12.6. The number of nitrogens with one attached hydrogen (secondary N) is 1. The van der Waals surface area contributed by atoms with E-state index in [1.54, 1.807) is 7.05 Å². The van der Waals surface area contributed by atoms with E-state index in [1.165, 1.54) is 28.9 Å². The molecule has 2 aromatic rings. The number of nitrogens with zero attached hydrogens (tertiary/aromatic N) is 4. The van der Waals surface area contributed by atoms with Crippen molar-refractivity contribution < 1.29 is 4.79 Å². The first-order valence-electron chi connectivity index (χ1n) is 9.49. The van der Waals surface area contributed by atoms with Crippen LogP contribution in [0.1, 0.15) is 46.5 Å². The summed E-state index contributed by atoms with van der Waals surface area (Å²) in [6.45, 7) is 6.76. The van der Waals surface area contributed by atoms with Crippen molar-refractivity contribution in [1.82, 2.24) is 24.0 Å². The van der Waals surface area contributed by atoms with Gasteiger partial charge in [-0.2, -0.15) is 0 Å². The van der Waals surface area contributed by atoms with Gasteiger partial charge in [0.1, 0.15) is 6.54 Å². The molecule has 0 aliphatic heterocycles. The number of carbonyl (C=O) groups is 1. The van der Waals surface area contributed by atoms with Crippen molar-refractivity contribution in [2.75, 3.05) is 0 Å². The van der Waals surface area contributed by atoms with Gasteiger partial charge in [-0.25, -0.2) is 9.78 Å². The number of fused-ring (bicyclic) bond motifs is 1. The van der Waals surface area contributed by atoms with Gasteiger partial charge >= 0.3 is 5.69 Å². The van der Waals surface area contributed by atoms with Crippen LogP contribution in [0.25, 0.3) is 11.2 Å². The molecule has 1 amide bonds. The molecule has 0 spiro atoms. The van der Waals surface area contributed by atoms with Crippen molar-refractivity contribution in [2.24, 2.45) is 25.4 Å². The van der Waals surface area contributed by atoms with E-state index in [4.69, 9.17) is 0 Å². The number of hydrogen-bond donors (Lipinski definition) is 1. The first-order chi connectivity index (χ1) is 12.6. The fourth-order valence-electron chi connectivity index (χ4n) is 4.05. The fourth-order valence-corrected chi connectivity index (χ4v) is 4.05. The molecule has 0 saturated heterocycles. The topological polar surface area (TPSA) is 90.9 Å². The van der Waals surface area contributed by atoms with Gasteiger partial charge in [-0.1, -0.05) is 27.2 Å². The molecule has 3 rings (SSSR count). The van der Waals surface area contributed by atoms with E-state index >= 15 is 0 Å². The average Bonchev–Trinajstić information content (AvgIpc) is 3.01. The summed E-state index contributed by atoms with van der Waals surface area (Å²) >= 11 is 0. The van der Waals surface area contributed by atoms with Gasteiger partial charge in [-0.15, -0.1) is 0 Å². The first-order valence-corrected chi connectivity index (χ1v) is 9.49. The number of rotatable bonds is 3. The third kappa shape index (κ3) is 3.70. The number of aryl methyl sites for hydroxylation is 1. The van der Waals surface area contributed by atoms with Crippen molar-refractivity contribution in [3.8, 4) is 0 Å². The molecule has 2 unspecified atom stereocenters. The Kier molecular flexibility index (Phi) is 5.01. The lowest BCUT2D eigenvalue weighted by molar-refractivity contribution is -0.122. The van der Waals surface area contributed by atoms with Crippen LogP contribution in [0.3, 0.4) is 0 Å². The van der Waals surface area contributed by atoms with Crippen molar-refractivity contribution in [1.29, 1.82) is 0 Å². The normalized spacial score (nSPS) is 20.8. The molecule has 1 N–H and O–H groups in total. The predicted molar refractivity (Wildman–Crippen MR) is 104 cm³/mol. The Morgan fingerprint density at radius 1 is 1.22 bits per heavy atom. The van der Waals surface area contributed by atoms with E-state index in [0.29, 0.717) is 11.6 Å². The Bertz CT molecular complexity index is 976. The van der Waals surface area contributed by atoms with Gasteiger partial charge in [-0.3, -0.25) is 18.7 Å². The van der Waals surface area contributed by atoms with Gasteiger partial charge in [0.2, 0.25) is 5.91 Å². The summed E-state index contributed by atoms with van der Waals surface area (Å²) in [4.78, 5) is 41.2. The Labute approximate surface area is 158 Å². The molecule has 1 aliphatic rings. The molecule has 0 radical (unpaired) electrons. The van der Waals surface area contributed by atoms with E-state index < -0.39 is 11.2 Å². The molecule has 2 aromatic heterocycles. The summed E-state index contributed by atoms with van der Waals surface area (Å²) in [5.41, 5.74) is -0.0742. The van der Waals surface area contributed by atoms with Crippen molar-refractivity contribution in [3.05, 3.63) is 27.2 Å². The monoisotopic (exact) mass is 375 g/mol. The molecule has 1 saturated carbocycles. The summed E-state index contributed by atoms with van der Waals surface area (Å²) in [5.74, 6) is 0.456. The van der Waals surface area contributed by atoms with Gasteiger partial charge < -0.3 is 9.88 Å². The Hall–Kier alpha value is -2.38. The number of amides is 1. The zero-order valence-corrected chi connectivity index (χ0v) is 16.8. The summed E-state index contributed by atoms with van der Waals surface area (Å²) in [7, 11) is 2.99. The molecular formula is C19H29N5O3. The minimum absolute atomic E-state index is 0.0145. The summed E-state index contributed by atoms with van der Waals surface area (Å²) in [6.07, 6.45) is 5.73. The van der Waals surface area contributed by atoms with Gasteiger partial charge in [0.05, 0.1) is 6.33 Å². The molecule has 2 heterocycles. The number of aromatic nitrogens is 4. The first kappa shape index (κ1) is 19.4.